The Balaban J connectivity index is 2.80. The summed E-state index contributed by atoms with van der Waals surface area (Å²) in [7, 11) is 0. The summed E-state index contributed by atoms with van der Waals surface area (Å²) in [6.07, 6.45) is 0.0895. The number of nitro benzene ring substituents is 1. The van der Waals surface area contributed by atoms with E-state index in [2.05, 4.69) is 4.98 Å². The van der Waals surface area contributed by atoms with Gasteiger partial charge in [0.1, 0.15) is 5.69 Å². The Bertz CT molecular complexity index is 880. The van der Waals surface area contributed by atoms with E-state index in [0.29, 0.717) is 4.57 Å². The van der Waals surface area contributed by atoms with E-state index in [1.54, 1.807) is 6.92 Å². The van der Waals surface area contributed by atoms with Crippen molar-refractivity contribution in [1.29, 1.82) is 0 Å². The number of non-ortho nitro benzene ring substituents is 1. The lowest BCUT2D eigenvalue weighted by Crippen LogP contribution is -2.38. The minimum atomic E-state index is -1.42. The average molecular weight is 305 g/mol. The zero-order chi connectivity index (χ0) is 16.4. The Morgan fingerprint density at radius 3 is 2.64 bits per heavy atom. The maximum atomic E-state index is 12.3. The van der Waals surface area contributed by atoms with Crippen LogP contribution in [0, 0.1) is 10.1 Å². The largest absolute Gasteiger partial charge is 0.477 e. The lowest BCUT2D eigenvalue weighted by atomic mass is 10.1. The van der Waals surface area contributed by atoms with Crippen molar-refractivity contribution in [1.82, 2.24) is 9.55 Å². The molecule has 0 aliphatic heterocycles. The first-order chi connectivity index (χ1) is 10.4. The van der Waals surface area contributed by atoms with Crippen molar-refractivity contribution in [2.24, 2.45) is 0 Å². The van der Waals surface area contributed by atoms with Crippen molar-refractivity contribution >= 4 is 11.7 Å². The number of nitro groups is 1. The molecule has 9 nitrogen and oxygen atoms in total. The van der Waals surface area contributed by atoms with Crippen LogP contribution in [-0.4, -0.2) is 25.6 Å². The van der Waals surface area contributed by atoms with Crippen LogP contribution in [0.2, 0.25) is 0 Å². The molecule has 0 saturated heterocycles. The highest BCUT2D eigenvalue weighted by molar-refractivity contribution is 5.86. The fourth-order valence-electron chi connectivity index (χ4n) is 2.06. The maximum Gasteiger partial charge on any atom is 0.352 e. The van der Waals surface area contributed by atoms with Gasteiger partial charge in [0.25, 0.3) is 11.2 Å². The summed E-state index contributed by atoms with van der Waals surface area (Å²) in [6, 6.07) is 4.96. The fraction of sp³-hybridized carbons (Fsp3) is 0.154. The molecule has 0 saturated carbocycles. The molecule has 0 spiro atoms. The summed E-state index contributed by atoms with van der Waals surface area (Å²) in [5.74, 6) is -1.42. The number of hydrogen-bond acceptors (Lipinski definition) is 5. The van der Waals surface area contributed by atoms with E-state index in [4.69, 9.17) is 5.11 Å². The quantitative estimate of drug-likeness (QED) is 0.630. The predicted octanol–water partition coefficient (Wildman–Crippen LogP) is 0.695. The maximum absolute atomic E-state index is 12.3. The number of nitrogens with zero attached hydrogens (tertiary/aromatic N) is 2. The van der Waals surface area contributed by atoms with Crippen LogP contribution in [0.3, 0.4) is 0 Å². The molecular weight excluding hydrogens is 294 g/mol. The Morgan fingerprint density at radius 2 is 2.09 bits per heavy atom. The molecule has 0 amide bonds. The van der Waals surface area contributed by atoms with Gasteiger partial charge in [0.05, 0.1) is 10.6 Å². The molecule has 1 aromatic heterocycles. The molecule has 0 atom stereocenters. The third kappa shape index (κ3) is 2.51. The number of H-pyrrole nitrogens is 1. The van der Waals surface area contributed by atoms with Gasteiger partial charge in [-0.3, -0.25) is 14.9 Å². The summed E-state index contributed by atoms with van der Waals surface area (Å²) in [4.78, 5) is 47.6. The van der Waals surface area contributed by atoms with Gasteiger partial charge in [-0.2, -0.15) is 0 Å². The highest BCUT2D eigenvalue weighted by Gasteiger charge is 2.19. The predicted molar refractivity (Wildman–Crippen MR) is 75.7 cm³/mol. The molecular formula is C13H11N3O6. The van der Waals surface area contributed by atoms with Crippen LogP contribution < -0.4 is 11.2 Å². The molecule has 0 radical (unpaired) electrons. The fourth-order valence-corrected chi connectivity index (χ4v) is 2.06. The summed E-state index contributed by atoms with van der Waals surface area (Å²) in [5.41, 5.74) is -2.64. The Labute approximate surface area is 122 Å². The van der Waals surface area contributed by atoms with Gasteiger partial charge in [-0.05, 0) is 12.5 Å². The van der Waals surface area contributed by atoms with Crippen LogP contribution in [0.5, 0.6) is 0 Å². The van der Waals surface area contributed by atoms with Crippen LogP contribution in [0.4, 0.5) is 5.69 Å². The van der Waals surface area contributed by atoms with Crippen molar-refractivity contribution in [2.45, 2.75) is 13.3 Å². The van der Waals surface area contributed by atoms with Gasteiger partial charge < -0.3 is 10.1 Å². The summed E-state index contributed by atoms with van der Waals surface area (Å²) in [5, 5.41) is 19.8. The SMILES string of the molecule is CCc1c(C(=O)O)[nH]c(=O)n(-c2cccc([N+](=O)[O-])c2)c1=O. The minimum absolute atomic E-state index is 0.00733. The Morgan fingerprint density at radius 1 is 1.41 bits per heavy atom. The van der Waals surface area contributed by atoms with Crippen LogP contribution in [0.15, 0.2) is 33.9 Å². The van der Waals surface area contributed by atoms with Crippen LogP contribution >= 0.6 is 0 Å². The van der Waals surface area contributed by atoms with Gasteiger partial charge in [-0.1, -0.05) is 13.0 Å². The number of aromatic carboxylic acids is 1. The third-order valence-electron chi connectivity index (χ3n) is 3.06. The molecule has 22 heavy (non-hydrogen) atoms. The summed E-state index contributed by atoms with van der Waals surface area (Å²) < 4.78 is 0.679. The first kappa shape index (κ1) is 15.2. The summed E-state index contributed by atoms with van der Waals surface area (Å²) >= 11 is 0. The third-order valence-corrected chi connectivity index (χ3v) is 3.06. The van der Waals surface area contributed by atoms with E-state index < -0.39 is 27.8 Å². The van der Waals surface area contributed by atoms with E-state index in [-0.39, 0.29) is 23.4 Å². The molecule has 114 valence electrons. The second-order valence-electron chi connectivity index (χ2n) is 4.36. The van der Waals surface area contributed by atoms with E-state index in [0.717, 1.165) is 6.07 Å². The molecule has 0 aliphatic rings. The first-order valence-electron chi connectivity index (χ1n) is 6.23. The summed E-state index contributed by atoms with van der Waals surface area (Å²) in [6.45, 7) is 1.57. The molecule has 9 heteroatoms. The van der Waals surface area contributed by atoms with Gasteiger partial charge in [0.15, 0.2) is 0 Å². The minimum Gasteiger partial charge on any atom is -0.477 e. The molecule has 0 aliphatic carbocycles. The van der Waals surface area contributed by atoms with Crippen LogP contribution in [0.25, 0.3) is 5.69 Å². The number of benzene rings is 1. The first-order valence-corrected chi connectivity index (χ1v) is 6.23. The zero-order valence-corrected chi connectivity index (χ0v) is 11.4. The van der Waals surface area contributed by atoms with E-state index >= 15 is 0 Å². The van der Waals surface area contributed by atoms with Crippen molar-refractivity contribution in [3.63, 3.8) is 0 Å². The van der Waals surface area contributed by atoms with Crippen molar-refractivity contribution in [3.8, 4) is 5.69 Å². The van der Waals surface area contributed by atoms with E-state index in [1.807, 2.05) is 0 Å². The molecule has 2 rings (SSSR count). The second kappa shape index (κ2) is 5.64. The number of aromatic nitrogens is 2. The lowest BCUT2D eigenvalue weighted by Gasteiger charge is -2.08. The van der Waals surface area contributed by atoms with Crippen molar-refractivity contribution in [3.05, 3.63) is 66.5 Å². The monoisotopic (exact) mass is 305 g/mol. The van der Waals surface area contributed by atoms with Gasteiger partial charge >= 0.3 is 11.7 Å². The lowest BCUT2D eigenvalue weighted by molar-refractivity contribution is -0.384. The molecule has 1 heterocycles. The van der Waals surface area contributed by atoms with Crippen LogP contribution in [-0.2, 0) is 6.42 Å². The van der Waals surface area contributed by atoms with Crippen molar-refractivity contribution < 1.29 is 14.8 Å². The molecule has 2 N–H and O–H groups in total. The smallest absolute Gasteiger partial charge is 0.352 e. The molecule has 0 unspecified atom stereocenters. The number of carboxylic acids is 1. The highest BCUT2D eigenvalue weighted by atomic mass is 16.6. The van der Waals surface area contributed by atoms with Gasteiger partial charge in [-0.15, -0.1) is 0 Å². The highest BCUT2D eigenvalue weighted by Crippen LogP contribution is 2.14. The number of carbonyl (C=O) groups is 1. The van der Waals surface area contributed by atoms with Gasteiger partial charge in [0.2, 0.25) is 0 Å². The van der Waals surface area contributed by atoms with E-state index in [1.165, 1.54) is 18.2 Å². The second-order valence-corrected chi connectivity index (χ2v) is 4.36. The molecule has 2 aromatic rings. The van der Waals surface area contributed by atoms with E-state index in [9.17, 15) is 24.5 Å². The molecule has 1 aromatic carbocycles. The number of rotatable bonds is 4. The number of carboxylic acid groups (broad SMARTS) is 1. The standard InChI is InChI=1S/C13H11N3O6/c1-2-9-10(12(18)19)14-13(20)15(11(9)17)7-4-3-5-8(6-7)16(21)22/h3-6H,2H2,1H3,(H,14,20)(H,18,19). The number of hydrogen-bond donors (Lipinski definition) is 2. The zero-order valence-electron chi connectivity index (χ0n) is 11.4. The van der Waals surface area contributed by atoms with Crippen molar-refractivity contribution in [2.75, 3.05) is 0 Å². The Kier molecular flexibility index (Phi) is 3.89. The van der Waals surface area contributed by atoms with Gasteiger partial charge in [0, 0.05) is 17.7 Å². The topological polar surface area (TPSA) is 135 Å². The number of aromatic amines is 1. The normalized spacial score (nSPS) is 10.4. The van der Waals surface area contributed by atoms with Crippen LogP contribution in [0.1, 0.15) is 23.0 Å². The number of nitrogens with one attached hydrogen (secondary N) is 1. The van der Waals surface area contributed by atoms with Gasteiger partial charge in [-0.25, -0.2) is 14.2 Å². The molecule has 0 fully saturated rings. The Hall–Kier alpha value is -3.23. The average Bonchev–Trinajstić information content (AvgIpc) is 2.47. The molecule has 0 bridgehead atoms.